The van der Waals surface area contributed by atoms with Crippen LogP contribution in [0.3, 0.4) is 0 Å². The summed E-state index contributed by atoms with van der Waals surface area (Å²) in [6, 6.07) is 10.6. The quantitative estimate of drug-likeness (QED) is 0.758. The summed E-state index contributed by atoms with van der Waals surface area (Å²) in [7, 11) is 0. The number of aryl methyl sites for hydroxylation is 1. The van der Waals surface area contributed by atoms with Gasteiger partial charge in [0.15, 0.2) is 0 Å². The van der Waals surface area contributed by atoms with E-state index in [0.29, 0.717) is 12.5 Å². The van der Waals surface area contributed by atoms with E-state index in [-0.39, 0.29) is 6.04 Å². The molecule has 0 amide bonds. The fourth-order valence-corrected chi connectivity index (χ4v) is 2.27. The number of nitrogens with zero attached hydrogens (tertiary/aromatic N) is 2. The molecule has 0 fully saturated rings. The highest BCUT2D eigenvalue weighted by atomic mass is 16.5. The van der Waals surface area contributed by atoms with E-state index < -0.39 is 0 Å². The molecule has 0 saturated heterocycles. The molecular weight excluding hydrogens is 248 g/mol. The Morgan fingerprint density at radius 3 is 2.50 bits per heavy atom. The highest BCUT2D eigenvalue weighted by molar-refractivity contribution is 5.27. The maximum Gasteiger partial charge on any atom is 0.119 e. The standard InChI is InChI=1S/C17H24N2O/c1-4-6-15-7-9-16(10-8-15)20-13-17(14(2)3)19-12-5-11-18-19/h5,7-12,14,17H,4,6,13H2,1-3H3. The van der Waals surface area contributed by atoms with E-state index in [1.165, 1.54) is 12.0 Å². The van der Waals surface area contributed by atoms with Crippen LogP contribution in [-0.2, 0) is 6.42 Å². The Labute approximate surface area is 121 Å². The van der Waals surface area contributed by atoms with Crippen molar-refractivity contribution in [2.75, 3.05) is 6.61 Å². The van der Waals surface area contributed by atoms with Crippen molar-refractivity contribution in [2.24, 2.45) is 5.92 Å². The summed E-state index contributed by atoms with van der Waals surface area (Å²) < 4.78 is 7.91. The molecule has 2 aromatic rings. The maximum atomic E-state index is 5.93. The maximum absolute atomic E-state index is 5.93. The van der Waals surface area contributed by atoms with Crippen LogP contribution in [0.5, 0.6) is 5.75 Å². The third-order valence-corrected chi connectivity index (χ3v) is 3.52. The summed E-state index contributed by atoms with van der Waals surface area (Å²) >= 11 is 0. The third kappa shape index (κ3) is 3.86. The molecule has 0 spiro atoms. The van der Waals surface area contributed by atoms with Crippen molar-refractivity contribution in [3.05, 3.63) is 48.3 Å². The predicted molar refractivity (Wildman–Crippen MR) is 82.0 cm³/mol. The van der Waals surface area contributed by atoms with Crippen LogP contribution in [0.2, 0.25) is 0 Å². The van der Waals surface area contributed by atoms with Crippen molar-refractivity contribution in [1.82, 2.24) is 9.78 Å². The summed E-state index contributed by atoms with van der Waals surface area (Å²) in [6.07, 6.45) is 6.12. The molecule has 0 aliphatic heterocycles. The van der Waals surface area contributed by atoms with Crippen LogP contribution in [0.15, 0.2) is 42.7 Å². The monoisotopic (exact) mass is 272 g/mol. The fraction of sp³-hybridized carbons (Fsp3) is 0.471. The van der Waals surface area contributed by atoms with Crippen molar-refractivity contribution < 1.29 is 4.74 Å². The second-order valence-corrected chi connectivity index (χ2v) is 5.50. The van der Waals surface area contributed by atoms with Crippen LogP contribution < -0.4 is 4.74 Å². The zero-order valence-electron chi connectivity index (χ0n) is 12.6. The molecular formula is C17H24N2O. The minimum absolute atomic E-state index is 0.264. The molecule has 0 saturated carbocycles. The first-order chi connectivity index (χ1) is 9.70. The Balaban J connectivity index is 1.95. The number of rotatable bonds is 7. The van der Waals surface area contributed by atoms with Gasteiger partial charge >= 0.3 is 0 Å². The van der Waals surface area contributed by atoms with Gasteiger partial charge in [0.05, 0.1) is 6.04 Å². The lowest BCUT2D eigenvalue weighted by Gasteiger charge is -2.21. The van der Waals surface area contributed by atoms with Gasteiger partial charge in [-0.2, -0.15) is 5.10 Å². The van der Waals surface area contributed by atoms with Gasteiger partial charge in [0.25, 0.3) is 0 Å². The first-order valence-corrected chi connectivity index (χ1v) is 7.41. The van der Waals surface area contributed by atoms with Gasteiger partial charge in [-0.05, 0) is 36.1 Å². The molecule has 0 N–H and O–H groups in total. The minimum atomic E-state index is 0.264. The van der Waals surface area contributed by atoms with Gasteiger partial charge < -0.3 is 4.74 Å². The lowest BCUT2D eigenvalue weighted by Crippen LogP contribution is -2.22. The zero-order valence-corrected chi connectivity index (χ0v) is 12.6. The van der Waals surface area contributed by atoms with Crippen LogP contribution in [0, 0.1) is 5.92 Å². The van der Waals surface area contributed by atoms with Crippen LogP contribution in [0.25, 0.3) is 0 Å². The molecule has 2 rings (SSSR count). The Bertz CT molecular complexity index is 488. The molecule has 0 bridgehead atoms. The average molecular weight is 272 g/mol. The summed E-state index contributed by atoms with van der Waals surface area (Å²) in [5, 5.41) is 4.33. The molecule has 1 aromatic heterocycles. The van der Waals surface area contributed by atoms with E-state index in [1.54, 1.807) is 0 Å². The summed E-state index contributed by atoms with van der Waals surface area (Å²) in [5.41, 5.74) is 1.37. The third-order valence-electron chi connectivity index (χ3n) is 3.52. The van der Waals surface area contributed by atoms with Gasteiger partial charge in [-0.1, -0.05) is 39.3 Å². The smallest absolute Gasteiger partial charge is 0.119 e. The highest BCUT2D eigenvalue weighted by Gasteiger charge is 2.16. The van der Waals surface area contributed by atoms with E-state index in [0.717, 1.165) is 12.2 Å². The van der Waals surface area contributed by atoms with Gasteiger partial charge in [0.1, 0.15) is 12.4 Å². The van der Waals surface area contributed by atoms with Gasteiger partial charge in [0, 0.05) is 12.4 Å². The topological polar surface area (TPSA) is 27.1 Å². The van der Waals surface area contributed by atoms with Crippen molar-refractivity contribution >= 4 is 0 Å². The van der Waals surface area contributed by atoms with Crippen molar-refractivity contribution in [3.63, 3.8) is 0 Å². The number of ether oxygens (including phenoxy) is 1. The van der Waals surface area contributed by atoms with Gasteiger partial charge in [0.2, 0.25) is 0 Å². The summed E-state index contributed by atoms with van der Waals surface area (Å²) in [5.74, 6) is 1.41. The van der Waals surface area contributed by atoms with Crippen molar-refractivity contribution in [3.8, 4) is 5.75 Å². The largest absolute Gasteiger partial charge is 0.491 e. The Morgan fingerprint density at radius 2 is 1.95 bits per heavy atom. The van der Waals surface area contributed by atoms with Crippen LogP contribution >= 0.6 is 0 Å². The number of hydrogen-bond acceptors (Lipinski definition) is 2. The van der Waals surface area contributed by atoms with E-state index >= 15 is 0 Å². The molecule has 108 valence electrons. The van der Waals surface area contributed by atoms with Crippen LogP contribution in [-0.4, -0.2) is 16.4 Å². The highest BCUT2D eigenvalue weighted by Crippen LogP contribution is 2.20. The molecule has 0 aliphatic carbocycles. The molecule has 0 radical (unpaired) electrons. The SMILES string of the molecule is CCCc1ccc(OCC(C(C)C)n2cccn2)cc1. The zero-order chi connectivity index (χ0) is 14.4. The number of benzene rings is 1. The van der Waals surface area contributed by atoms with Crippen LogP contribution in [0.4, 0.5) is 0 Å². The van der Waals surface area contributed by atoms with Gasteiger partial charge in [-0.15, -0.1) is 0 Å². The molecule has 20 heavy (non-hydrogen) atoms. The Hall–Kier alpha value is -1.77. The number of hydrogen-bond donors (Lipinski definition) is 0. The van der Waals surface area contributed by atoms with Crippen molar-refractivity contribution in [2.45, 2.75) is 39.7 Å². The molecule has 1 aromatic carbocycles. The minimum Gasteiger partial charge on any atom is -0.491 e. The second-order valence-electron chi connectivity index (χ2n) is 5.50. The molecule has 1 heterocycles. The van der Waals surface area contributed by atoms with Gasteiger partial charge in [-0.25, -0.2) is 0 Å². The van der Waals surface area contributed by atoms with Gasteiger partial charge in [-0.3, -0.25) is 4.68 Å². The second kappa shape index (κ2) is 7.13. The van der Waals surface area contributed by atoms with E-state index in [4.69, 9.17) is 4.74 Å². The lowest BCUT2D eigenvalue weighted by atomic mass is 10.1. The Morgan fingerprint density at radius 1 is 1.20 bits per heavy atom. The molecule has 3 nitrogen and oxygen atoms in total. The van der Waals surface area contributed by atoms with Crippen LogP contribution in [0.1, 0.15) is 38.8 Å². The normalized spacial score (nSPS) is 12.6. The summed E-state index contributed by atoms with van der Waals surface area (Å²) in [6.45, 7) is 7.23. The molecule has 0 aliphatic rings. The predicted octanol–water partition coefficient (Wildman–Crippen LogP) is 4.11. The van der Waals surface area contributed by atoms with Crippen molar-refractivity contribution in [1.29, 1.82) is 0 Å². The molecule has 3 heteroatoms. The molecule has 1 unspecified atom stereocenters. The molecule has 1 atom stereocenters. The van der Waals surface area contributed by atoms with E-state index in [1.807, 2.05) is 23.1 Å². The fourth-order valence-electron chi connectivity index (χ4n) is 2.27. The number of aromatic nitrogens is 2. The summed E-state index contributed by atoms with van der Waals surface area (Å²) in [4.78, 5) is 0. The van der Waals surface area contributed by atoms with E-state index in [2.05, 4.69) is 50.1 Å². The lowest BCUT2D eigenvalue weighted by molar-refractivity contribution is 0.200. The first kappa shape index (κ1) is 14.6. The average Bonchev–Trinajstić information content (AvgIpc) is 2.95. The van der Waals surface area contributed by atoms with E-state index in [9.17, 15) is 0 Å². The first-order valence-electron chi connectivity index (χ1n) is 7.41. The Kier molecular flexibility index (Phi) is 5.22.